The van der Waals surface area contributed by atoms with Crippen molar-refractivity contribution >= 4 is 22.8 Å². The van der Waals surface area contributed by atoms with Gasteiger partial charge in [0, 0.05) is 30.1 Å². The summed E-state index contributed by atoms with van der Waals surface area (Å²) < 4.78 is 10.9. The fourth-order valence-electron chi connectivity index (χ4n) is 3.08. The summed E-state index contributed by atoms with van der Waals surface area (Å²) in [5.74, 6) is 0.512. The van der Waals surface area contributed by atoms with Crippen LogP contribution < -0.4 is 14.8 Å². The van der Waals surface area contributed by atoms with E-state index in [0.717, 1.165) is 27.8 Å². The number of ether oxygens (including phenoxy) is 2. The van der Waals surface area contributed by atoms with Crippen LogP contribution in [-0.2, 0) is 22.6 Å². The third-order valence-corrected chi connectivity index (χ3v) is 4.54. The quantitative estimate of drug-likeness (QED) is 0.457. The van der Waals surface area contributed by atoms with E-state index < -0.39 is 5.97 Å². The highest BCUT2D eigenvalue weighted by molar-refractivity contribution is 5.93. The van der Waals surface area contributed by atoms with E-state index in [1.54, 1.807) is 7.11 Å². The molecule has 3 rings (SSSR count). The van der Waals surface area contributed by atoms with Crippen molar-refractivity contribution in [3.63, 3.8) is 0 Å². The molecule has 0 unspecified atom stereocenters. The Morgan fingerprint density at radius 3 is 2.66 bits per heavy atom. The smallest absolute Gasteiger partial charge is 0.303 e. The van der Waals surface area contributed by atoms with Gasteiger partial charge in [-0.25, -0.2) is 0 Å². The molecule has 0 bridgehead atoms. The first-order valence-corrected chi connectivity index (χ1v) is 9.40. The second-order valence-corrected chi connectivity index (χ2v) is 6.64. The monoisotopic (exact) mass is 396 g/mol. The summed E-state index contributed by atoms with van der Waals surface area (Å²) in [5, 5.41) is 12.5. The summed E-state index contributed by atoms with van der Waals surface area (Å²) >= 11 is 0. The third-order valence-electron chi connectivity index (χ3n) is 4.54. The van der Waals surface area contributed by atoms with Crippen LogP contribution in [0.1, 0.15) is 24.0 Å². The van der Waals surface area contributed by atoms with Crippen molar-refractivity contribution < 1.29 is 24.2 Å². The Balaban J connectivity index is 1.50. The van der Waals surface area contributed by atoms with Gasteiger partial charge in [-0.2, -0.15) is 0 Å². The number of aromatic amines is 1. The van der Waals surface area contributed by atoms with Crippen molar-refractivity contribution in [1.82, 2.24) is 10.3 Å². The highest BCUT2D eigenvalue weighted by Gasteiger charge is 2.12. The molecule has 152 valence electrons. The molecule has 0 aliphatic rings. The maximum Gasteiger partial charge on any atom is 0.303 e. The summed E-state index contributed by atoms with van der Waals surface area (Å²) in [6, 6.07) is 13.1. The second kappa shape index (κ2) is 9.64. The Kier molecular flexibility index (Phi) is 6.73. The Bertz CT molecular complexity index is 979. The van der Waals surface area contributed by atoms with Gasteiger partial charge in [0.2, 0.25) is 5.91 Å². The molecule has 1 amide bonds. The number of methoxy groups -OCH3 is 1. The Labute approximate surface area is 168 Å². The maximum atomic E-state index is 12.4. The number of nitrogens with one attached hydrogen (secondary N) is 2. The predicted octanol–water partition coefficient (Wildman–Crippen LogP) is 3.28. The first-order valence-electron chi connectivity index (χ1n) is 9.40. The number of fused-ring (bicyclic) bond motifs is 1. The lowest BCUT2D eigenvalue weighted by atomic mass is 10.1. The van der Waals surface area contributed by atoms with Gasteiger partial charge in [0.15, 0.2) is 0 Å². The minimum Gasteiger partial charge on any atom is -0.496 e. The normalized spacial score (nSPS) is 10.7. The number of rotatable bonds is 10. The van der Waals surface area contributed by atoms with Crippen molar-refractivity contribution in [1.29, 1.82) is 0 Å². The molecule has 0 aliphatic heterocycles. The molecule has 0 spiro atoms. The Hall–Kier alpha value is -3.48. The van der Waals surface area contributed by atoms with E-state index in [2.05, 4.69) is 10.3 Å². The van der Waals surface area contributed by atoms with E-state index in [4.69, 9.17) is 14.6 Å². The molecular formula is C22H24N2O5. The van der Waals surface area contributed by atoms with E-state index in [1.807, 2.05) is 48.7 Å². The zero-order chi connectivity index (χ0) is 20.6. The van der Waals surface area contributed by atoms with Gasteiger partial charge in [-0.3, -0.25) is 9.59 Å². The molecule has 0 fully saturated rings. The first kappa shape index (κ1) is 20.3. The summed E-state index contributed by atoms with van der Waals surface area (Å²) in [4.78, 5) is 26.0. The maximum absolute atomic E-state index is 12.4. The highest BCUT2D eigenvalue weighted by Crippen LogP contribution is 2.28. The summed E-state index contributed by atoms with van der Waals surface area (Å²) in [6.45, 7) is 0.772. The largest absolute Gasteiger partial charge is 0.496 e. The van der Waals surface area contributed by atoms with Gasteiger partial charge < -0.3 is 24.9 Å². The van der Waals surface area contributed by atoms with Gasteiger partial charge in [-0.1, -0.05) is 18.2 Å². The molecule has 3 N–H and O–H groups in total. The first-order chi connectivity index (χ1) is 14.1. The molecular weight excluding hydrogens is 372 g/mol. The fourth-order valence-corrected chi connectivity index (χ4v) is 3.08. The van der Waals surface area contributed by atoms with Crippen LogP contribution >= 0.6 is 0 Å². The number of H-pyrrole nitrogens is 1. The van der Waals surface area contributed by atoms with Crippen LogP contribution in [-0.4, -0.2) is 35.7 Å². The predicted molar refractivity (Wildman–Crippen MR) is 109 cm³/mol. The number of hydrogen-bond acceptors (Lipinski definition) is 4. The van der Waals surface area contributed by atoms with Crippen LogP contribution in [0.3, 0.4) is 0 Å². The van der Waals surface area contributed by atoms with Crippen molar-refractivity contribution in [2.75, 3.05) is 13.7 Å². The molecule has 7 nitrogen and oxygen atoms in total. The highest BCUT2D eigenvalue weighted by atomic mass is 16.5. The number of carbonyl (C=O) groups excluding carboxylic acids is 1. The summed E-state index contributed by atoms with van der Waals surface area (Å²) in [5.41, 5.74) is 2.78. The van der Waals surface area contributed by atoms with Crippen LogP contribution in [0.15, 0.2) is 48.7 Å². The minimum atomic E-state index is -0.828. The topological polar surface area (TPSA) is 101 Å². The molecule has 1 heterocycles. The molecule has 0 saturated heterocycles. The molecule has 7 heteroatoms. The van der Waals surface area contributed by atoms with Crippen molar-refractivity contribution in [2.45, 2.75) is 25.8 Å². The summed E-state index contributed by atoms with van der Waals surface area (Å²) in [6.07, 6.45) is 2.65. The molecule has 1 aromatic heterocycles. The van der Waals surface area contributed by atoms with Crippen LogP contribution in [0.4, 0.5) is 0 Å². The lowest BCUT2D eigenvalue weighted by Crippen LogP contribution is -2.24. The standard InChI is InChI=1S/C22H24N2O5/c1-28-19-5-2-4-18-22(19)16(14-23-18)12-20(25)24-13-15-7-9-17(10-8-15)29-11-3-6-21(26)27/h2,4-5,7-10,14,23H,3,6,11-13H2,1H3,(H,24,25)(H,26,27). The number of hydrogen-bond donors (Lipinski definition) is 3. The summed E-state index contributed by atoms with van der Waals surface area (Å²) in [7, 11) is 1.62. The van der Waals surface area contributed by atoms with Crippen molar-refractivity contribution in [3.05, 3.63) is 59.8 Å². The van der Waals surface area contributed by atoms with E-state index in [9.17, 15) is 9.59 Å². The van der Waals surface area contributed by atoms with Gasteiger partial charge in [0.1, 0.15) is 11.5 Å². The van der Waals surface area contributed by atoms with Crippen molar-refractivity contribution in [2.24, 2.45) is 0 Å². The zero-order valence-electron chi connectivity index (χ0n) is 16.2. The molecule has 2 aromatic carbocycles. The van der Waals surface area contributed by atoms with Crippen LogP contribution in [0.25, 0.3) is 10.9 Å². The van der Waals surface area contributed by atoms with Gasteiger partial charge in [0.05, 0.1) is 20.1 Å². The molecule has 0 radical (unpaired) electrons. The molecule has 3 aromatic rings. The van der Waals surface area contributed by atoms with Gasteiger partial charge in [0.25, 0.3) is 0 Å². The number of aromatic nitrogens is 1. The van der Waals surface area contributed by atoms with E-state index in [1.165, 1.54) is 0 Å². The second-order valence-electron chi connectivity index (χ2n) is 6.64. The van der Waals surface area contributed by atoms with Crippen LogP contribution in [0.2, 0.25) is 0 Å². The number of carboxylic acid groups (broad SMARTS) is 1. The number of amides is 1. The Morgan fingerprint density at radius 2 is 1.93 bits per heavy atom. The number of benzene rings is 2. The fraction of sp³-hybridized carbons (Fsp3) is 0.273. The van der Waals surface area contributed by atoms with Gasteiger partial charge >= 0.3 is 5.97 Å². The molecule has 29 heavy (non-hydrogen) atoms. The molecule has 0 aliphatic carbocycles. The van der Waals surface area contributed by atoms with Crippen LogP contribution in [0.5, 0.6) is 11.5 Å². The number of carboxylic acids is 1. The SMILES string of the molecule is COc1cccc2[nH]cc(CC(=O)NCc3ccc(OCCCC(=O)O)cc3)c12. The third kappa shape index (κ3) is 5.51. The van der Waals surface area contributed by atoms with Crippen LogP contribution in [0, 0.1) is 0 Å². The van der Waals surface area contributed by atoms with E-state index in [-0.39, 0.29) is 18.7 Å². The minimum absolute atomic E-state index is 0.0780. The van der Waals surface area contributed by atoms with E-state index in [0.29, 0.717) is 25.3 Å². The lowest BCUT2D eigenvalue weighted by molar-refractivity contribution is -0.137. The number of aliphatic carboxylic acids is 1. The number of carbonyl (C=O) groups is 2. The lowest BCUT2D eigenvalue weighted by Gasteiger charge is -2.08. The van der Waals surface area contributed by atoms with E-state index >= 15 is 0 Å². The molecule has 0 saturated carbocycles. The average molecular weight is 396 g/mol. The molecule has 0 atom stereocenters. The van der Waals surface area contributed by atoms with Gasteiger partial charge in [-0.05, 0) is 41.8 Å². The van der Waals surface area contributed by atoms with Gasteiger partial charge in [-0.15, -0.1) is 0 Å². The average Bonchev–Trinajstić information content (AvgIpc) is 3.13. The zero-order valence-corrected chi connectivity index (χ0v) is 16.2. The van der Waals surface area contributed by atoms with Crippen molar-refractivity contribution in [3.8, 4) is 11.5 Å². The Morgan fingerprint density at radius 1 is 1.14 bits per heavy atom.